The Morgan fingerprint density at radius 3 is 2.31 bits per heavy atom. The van der Waals surface area contributed by atoms with Gasteiger partial charge in [0.05, 0.1) is 5.70 Å². The van der Waals surface area contributed by atoms with Gasteiger partial charge in [0.1, 0.15) is 0 Å². The van der Waals surface area contributed by atoms with Gasteiger partial charge in [-0.2, -0.15) is 0 Å². The molecular formula is C23H25NO2. The van der Waals surface area contributed by atoms with Crippen LogP contribution >= 0.6 is 0 Å². The second-order valence-corrected chi connectivity index (χ2v) is 6.23. The Morgan fingerprint density at radius 1 is 0.962 bits per heavy atom. The normalized spacial score (nSPS) is 11.5. The number of nitrogens with one attached hydrogen (secondary N) is 1. The van der Waals surface area contributed by atoms with Crippen LogP contribution in [-0.4, -0.2) is 11.7 Å². The lowest BCUT2D eigenvalue weighted by molar-refractivity contribution is -0.120. The summed E-state index contributed by atoms with van der Waals surface area (Å²) in [5, 5.41) is 2.74. The summed E-state index contributed by atoms with van der Waals surface area (Å²) in [5.41, 5.74) is 3.33. The summed E-state index contributed by atoms with van der Waals surface area (Å²) in [6.45, 7) is 4.06. The molecule has 0 aliphatic rings. The van der Waals surface area contributed by atoms with E-state index < -0.39 is 0 Å². The number of ketones is 1. The molecule has 1 amide bonds. The number of hydrogen-bond acceptors (Lipinski definition) is 2. The molecule has 0 bridgehead atoms. The molecule has 0 unspecified atom stereocenters. The van der Waals surface area contributed by atoms with Crippen molar-refractivity contribution in [2.24, 2.45) is 0 Å². The first-order valence-corrected chi connectivity index (χ1v) is 8.94. The Bertz CT molecular complexity index is 787. The van der Waals surface area contributed by atoms with Crippen molar-refractivity contribution in [1.82, 2.24) is 5.32 Å². The highest BCUT2D eigenvalue weighted by atomic mass is 16.2. The molecule has 0 saturated heterocycles. The van der Waals surface area contributed by atoms with E-state index in [4.69, 9.17) is 0 Å². The van der Waals surface area contributed by atoms with Crippen LogP contribution in [0.2, 0.25) is 0 Å². The number of carbonyl (C=O) groups excluding carboxylic acids is 2. The maximum Gasteiger partial charge on any atom is 0.248 e. The highest BCUT2D eigenvalue weighted by molar-refractivity contribution is 6.05. The molecule has 3 heteroatoms. The van der Waals surface area contributed by atoms with Crippen molar-refractivity contribution >= 4 is 23.8 Å². The smallest absolute Gasteiger partial charge is 0.248 e. The molecule has 2 aromatic carbocycles. The van der Waals surface area contributed by atoms with Gasteiger partial charge < -0.3 is 5.32 Å². The predicted octanol–water partition coefficient (Wildman–Crippen LogP) is 4.92. The largest absolute Gasteiger partial charge is 0.319 e. The molecule has 1 N–H and O–H groups in total. The first-order valence-electron chi connectivity index (χ1n) is 8.94. The molecule has 134 valence electrons. The van der Waals surface area contributed by atoms with Gasteiger partial charge in [-0.05, 0) is 36.6 Å². The summed E-state index contributed by atoms with van der Waals surface area (Å²) >= 11 is 0. The number of benzene rings is 2. The SMILES string of the molecule is CCCCC(=O)/C(=C/c1ccccc1)NC(=O)/C=C/c1ccc(C)cc1. The van der Waals surface area contributed by atoms with Gasteiger partial charge in [0.2, 0.25) is 5.91 Å². The van der Waals surface area contributed by atoms with Crippen LogP contribution in [0.25, 0.3) is 12.2 Å². The van der Waals surface area contributed by atoms with Gasteiger partial charge in [0, 0.05) is 12.5 Å². The molecule has 0 aliphatic carbocycles. The van der Waals surface area contributed by atoms with E-state index in [0.717, 1.165) is 24.0 Å². The van der Waals surface area contributed by atoms with Crippen LogP contribution in [0.1, 0.15) is 42.9 Å². The fourth-order valence-corrected chi connectivity index (χ4v) is 2.40. The lowest BCUT2D eigenvalue weighted by atomic mass is 10.1. The van der Waals surface area contributed by atoms with Gasteiger partial charge in [-0.15, -0.1) is 0 Å². The second kappa shape index (κ2) is 10.1. The second-order valence-electron chi connectivity index (χ2n) is 6.23. The quantitative estimate of drug-likeness (QED) is 0.689. The standard InChI is InChI=1S/C23H25NO2/c1-3-4-10-22(25)21(17-20-8-6-5-7-9-20)24-23(26)16-15-19-13-11-18(2)12-14-19/h5-9,11-17H,3-4,10H2,1-2H3,(H,24,26)/b16-15+,21-17-. The fraction of sp³-hybridized carbons (Fsp3) is 0.217. The Kier molecular flexibility index (Phi) is 7.56. The molecule has 0 aliphatic heterocycles. The summed E-state index contributed by atoms with van der Waals surface area (Å²) in [6.07, 6.45) is 7.10. The highest BCUT2D eigenvalue weighted by Crippen LogP contribution is 2.10. The molecule has 0 spiro atoms. The van der Waals surface area contributed by atoms with Gasteiger partial charge in [-0.25, -0.2) is 0 Å². The number of Topliss-reactive ketones (excluding diaryl/α,β-unsaturated/α-hetero) is 1. The van der Waals surface area contributed by atoms with Crippen molar-refractivity contribution in [3.05, 3.63) is 83.1 Å². The van der Waals surface area contributed by atoms with Crippen LogP contribution in [-0.2, 0) is 9.59 Å². The molecule has 0 heterocycles. The van der Waals surface area contributed by atoms with Crippen molar-refractivity contribution in [2.75, 3.05) is 0 Å². The first kappa shape index (κ1) is 19.4. The third kappa shape index (κ3) is 6.52. The highest BCUT2D eigenvalue weighted by Gasteiger charge is 2.11. The monoisotopic (exact) mass is 347 g/mol. The number of allylic oxidation sites excluding steroid dienone is 1. The average Bonchev–Trinajstić information content (AvgIpc) is 2.66. The zero-order chi connectivity index (χ0) is 18.8. The zero-order valence-corrected chi connectivity index (χ0v) is 15.4. The van der Waals surface area contributed by atoms with Crippen LogP contribution < -0.4 is 5.32 Å². The summed E-state index contributed by atoms with van der Waals surface area (Å²) < 4.78 is 0. The molecular weight excluding hydrogens is 322 g/mol. The Balaban J connectivity index is 2.12. The molecule has 0 atom stereocenters. The van der Waals surface area contributed by atoms with Gasteiger partial charge in [-0.3, -0.25) is 9.59 Å². The van der Waals surface area contributed by atoms with Gasteiger partial charge in [0.15, 0.2) is 5.78 Å². The van der Waals surface area contributed by atoms with Crippen LogP contribution in [0.15, 0.2) is 66.4 Å². The molecule has 0 saturated carbocycles. The minimum absolute atomic E-state index is 0.0483. The van der Waals surface area contributed by atoms with Crippen LogP contribution in [0.4, 0.5) is 0 Å². The topological polar surface area (TPSA) is 46.2 Å². The lowest BCUT2D eigenvalue weighted by Crippen LogP contribution is -2.25. The van der Waals surface area contributed by atoms with Crippen molar-refractivity contribution in [3.8, 4) is 0 Å². The van der Waals surface area contributed by atoms with E-state index in [-0.39, 0.29) is 11.7 Å². The molecule has 0 radical (unpaired) electrons. The summed E-state index contributed by atoms with van der Waals surface area (Å²) in [5.74, 6) is -0.356. The number of carbonyl (C=O) groups is 2. The first-order chi connectivity index (χ1) is 12.6. The molecule has 3 nitrogen and oxygen atoms in total. The minimum Gasteiger partial charge on any atom is -0.319 e. The summed E-state index contributed by atoms with van der Waals surface area (Å²) in [6, 6.07) is 17.4. The van der Waals surface area contributed by atoms with Crippen LogP contribution in [0.5, 0.6) is 0 Å². The number of hydrogen-bond donors (Lipinski definition) is 1. The number of amides is 1. The summed E-state index contributed by atoms with van der Waals surface area (Å²) in [7, 11) is 0. The molecule has 2 aromatic rings. The number of aryl methyl sites for hydroxylation is 1. The van der Waals surface area contributed by atoms with E-state index in [0.29, 0.717) is 12.1 Å². The Morgan fingerprint density at radius 2 is 1.65 bits per heavy atom. The van der Waals surface area contributed by atoms with E-state index in [1.807, 2.05) is 68.4 Å². The molecule has 0 aromatic heterocycles. The van der Waals surface area contributed by atoms with E-state index in [2.05, 4.69) is 5.32 Å². The van der Waals surface area contributed by atoms with Gasteiger partial charge in [0.25, 0.3) is 0 Å². The van der Waals surface area contributed by atoms with Crippen LogP contribution in [0.3, 0.4) is 0 Å². The molecule has 2 rings (SSSR count). The maximum atomic E-state index is 12.4. The fourth-order valence-electron chi connectivity index (χ4n) is 2.40. The molecule has 26 heavy (non-hydrogen) atoms. The minimum atomic E-state index is -0.308. The van der Waals surface area contributed by atoms with Gasteiger partial charge in [-0.1, -0.05) is 73.5 Å². The predicted molar refractivity (Wildman–Crippen MR) is 107 cm³/mol. The van der Waals surface area contributed by atoms with E-state index >= 15 is 0 Å². The van der Waals surface area contributed by atoms with Crippen molar-refractivity contribution in [3.63, 3.8) is 0 Å². The Hall–Kier alpha value is -2.94. The average molecular weight is 347 g/mol. The van der Waals surface area contributed by atoms with Crippen LogP contribution in [0, 0.1) is 6.92 Å². The summed E-state index contributed by atoms with van der Waals surface area (Å²) in [4.78, 5) is 24.7. The third-order valence-corrected chi connectivity index (χ3v) is 3.93. The van der Waals surface area contributed by atoms with E-state index in [1.54, 1.807) is 12.2 Å². The van der Waals surface area contributed by atoms with E-state index in [1.165, 1.54) is 11.6 Å². The van der Waals surface area contributed by atoms with E-state index in [9.17, 15) is 9.59 Å². The van der Waals surface area contributed by atoms with Crippen molar-refractivity contribution in [1.29, 1.82) is 0 Å². The lowest BCUT2D eigenvalue weighted by Gasteiger charge is -2.08. The van der Waals surface area contributed by atoms with Crippen molar-refractivity contribution in [2.45, 2.75) is 33.1 Å². The Labute approximate surface area is 155 Å². The third-order valence-electron chi connectivity index (χ3n) is 3.93. The maximum absolute atomic E-state index is 12.4. The van der Waals surface area contributed by atoms with Gasteiger partial charge >= 0.3 is 0 Å². The zero-order valence-electron chi connectivity index (χ0n) is 15.4. The number of unbranched alkanes of at least 4 members (excludes halogenated alkanes) is 1. The van der Waals surface area contributed by atoms with Crippen molar-refractivity contribution < 1.29 is 9.59 Å². The number of rotatable bonds is 8. The molecule has 0 fully saturated rings.